The summed E-state index contributed by atoms with van der Waals surface area (Å²) in [6, 6.07) is 29.3. The minimum atomic E-state index is -0.812. The number of carbonyl (C=O) groups excluding carboxylic acids is 1. The summed E-state index contributed by atoms with van der Waals surface area (Å²) in [7, 11) is 1.56. The second-order valence-electron chi connectivity index (χ2n) is 10.5. The highest BCUT2D eigenvalue weighted by molar-refractivity contribution is 7.07. The lowest BCUT2D eigenvalue weighted by molar-refractivity contribution is -0.384. The molecule has 1 aromatic heterocycles. The maximum Gasteiger partial charge on any atom is 0.338 e. The molecule has 11 heteroatoms. The van der Waals surface area contributed by atoms with Crippen LogP contribution in [0.15, 0.2) is 118 Å². The number of fused-ring (bicyclic) bond motifs is 1. The summed E-state index contributed by atoms with van der Waals surface area (Å²) < 4.78 is 18.9. The third-order valence-corrected chi connectivity index (χ3v) is 8.50. The number of methoxy groups -OCH3 is 1. The SMILES string of the molecule is CCOC(=O)C1=C(c2ccccc2)N=c2s/c(=C\c3ccc(OCc4ccc([N+](=O)[O-])cc4)cc3)c(=O)n2C1c1cccc(OC)c1. The van der Waals surface area contributed by atoms with E-state index in [2.05, 4.69) is 0 Å². The lowest BCUT2D eigenvalue weighted by Crippen LogP contribution is -2.40. The summed E-state index contributed by atoms with van der Waals surface area (Å²) in [4.78, 5) is 43.5. The van der Waals surface area contributed by atoms with E-state index in [1.165, 1.54) is 23.5 Å². The van der Waals surface area contributed by atoms with Gasteiger partial charge in [-0.25, -0.2) is 9.79 Å². The summed E-state index contributed by atoms with van der Waals surface area (Å²) in [5.74, 6) is 0.634. The Kier molecular flexibility index (Phi) is 9.07. The van der Waals surface area contributed by atoms with Crippen molar-refractivity contribution in [1.82, 2.24) is 4.57 Å². The van der Waals surface area contributed by atoms with Crippen LogP contribution < -0.4 is 24.4 Å². The van der Waals surface area contributed by atoms with Gasteiger partial charge >= 0.3 is 5.97 Å². The molecule has 2 heterocycles. The number of nitro benzene ring substituents is 1. The number of non-ortho nitro benzene ring substituents is 1. The summed E-state index contributed by atoms with van der Waals surface area (Å²) in [5, 5.41) is 10.9. The van der Waals surface area contributed by atoms with E-state index in [9.17, 15) is 19.7 Å². The Morgan fingerprint density at radius 1 is 0.979 bits per heavy atom. The fourth-order valence-corrected chi connectivity index (χ4v) is 6.26. The van der Waals surface area contributed by atoms with Gasteiger partial charge in [0.25, 0.3) is 11.2 Å². The van der Waals surface area contributed by atoms with Gasteiger partial charge in [0.15, 0.2) is 4.80 Å². The highest BCUT2D eigenvalue weighted by atomic mass is 32.1. The van der Waals surface area contributed by atoms with E-state index in [0.717, 1.165) is 16.7 Å². The molecule has 0 saturated carbocycles. The zero-order valence-corrected chi connectivity index (χ0v) is 26.3. The van der Waals surface area contributed by atoms with Crippen LogP contribution in [0.5, 0.6) is 11.5 Å². The first kappa shape index (κ1) is 31.2. The molecule has 236 valence electrons. The van der Waals surface area contributed by atoms with Crippen molar-refractivity contribution in [3.63, 3.8) is 0 Å². The van der Waals surface area contributed by atoms with Crippen molar-refractivity contribution in [2.24, 2.45) is 4.99 Å². The number of rotatable bonds is 10. The standard InChI is InChI=1S/C36H29N3O7S/c1-3-45-35(41)31-32(25-8-5-4-6-9-25)37-36-38(33(31)26-10-7-11-29(21-26)44-2)34(40)30(47-36)20-23-14-18-28(19-15-23)46-22-24-12-16-27(17-13-24)39(42)43/h4-21,33H,3,22H2,1-2H3/b30-20-. The number of ether oxygens (including phenoxy) is 3. The first-order valence-electron chi connectivity index (χ1n) is 14.7. The third-order valence-electron chi connectivity index (χ3n) is 7.51. The number of esters is 1. The zero-order valence-electron chi connectivity index (χ0n) is 25.5. The van der Waals surface area contributed by atoms with Crippen LogP contribution in [-0.2, 0) is 16.1 Å². The Hall–Kier alpha value is -5.81. The molecule has 1 aliphatic rings. The van der Waals surface area contributed by atoms with E-state index < -0.39 is 16.9 Å². The van der Waals surface area contributed by atoms with E-state index in [1.54, 1.807) is 55.0 Å². The van der Waals surface area contributed by atoms with Gasteiger partial charge in [-0.1, -0.05) is 65.9 Å². The van der Waals surface area contributed by atoms with Crippen molar-refractivity contribution in [2.75, 3.05) is 13.7 Å². The molecule has 0 spiro atoms. The molecule has 0 bridgehead atoms. The molecular weight excluding hydrogens is 618 g/mol. The summed E-state index contributed by atoms with van der Waals surface area (Å²) in [5.41, 5.74) is 3.40. The van der Waals surface area contributed by atoms with Crippen molar-refractivity contribution >= 4 is 34.8 Å². The molecule has 5 aromatic rings. The maximum atomic E-state index is 14.1. The number of benzene rings is 4. The zero-order chi connectivity index (χ0) is 32.9. The summed E-state index contributed by atoms with van der Waals surface area (Å²) in [6.45, 7) is 2.14. The van der Waals surface area contributed by atoms with Gasteiger partial charge in [-0.05, 0) is 66.1 Å². The Bertz CT molecular complexity index is 2150. The van der Waals surface area contributed by atoms with Gasteiger partial charge in [0, 0.05) is 17.7 Å². The number of carbonyl (C=O) groups is 1. The van der Waals surface area contributed by atoms with Crippen molar-refractivity contribution in [3.8, 4) is 11.5 Å². The van der Waals surface area contributed by atoms with Gasteiger partial charge in [0.1, 0.15) is 18.1 Å². The van der Waals surface area contributed by atoms with Crippen LogP contribution in [0.2, 0.25) is 0 Å². The fraction of sp³-hybridized carbons (Fsp3) is 0.139. The van der Waals surface area contributed by atoms with Gasteiger partial charge in [-0.2, -0.15) is 0 Å². The van der Waals surface area contributed by atoms with Gasteiger partial charge in [0.2, 0.25) is 0 Å². The van der Waals surface area contributed by atoms with Crippen LogP contribution in [0.1, 0.15) is 35.2 Å². The largest absolute Gasteiger partial charge is 0.497 e. The molecule has 1 atom stereocenters. The highest BCUT2D eigenvalue weighted by Crippen LogP contribution is 2.36. The smallest absolute Gasteiger partial charge is 0.338 e. The van der Waals surface area contributed by atoms with E-state index in [4.69, 9.17) is 19.2 Å². The molecule has 0 aliphatic carbocycles. The normalized spacial score (nSPS) is 14.3. The molecule has 47 heavy (non-hydrogen) atoms. The predicted molar refractivity (Wildman–Crippen MR) is 178 cm³/mol. The lowest BCUT2D eigenvalue weighted by atomic mass is 9.93. The Morgan fingerprint density at radius 3 is 2.40 bits per heavy atom. The van der Waals surface area contributed by atoms with E-state index >= 15 is 0 Å². The topological polar surface area (TPSA) is 122 Å². The first-order chi connectivity index (χ1) is 22.9. The number of nitro groups is 1. The molecule has 1 aliphatic heterocycles. The molecule has 0 amide bonds. The fourth-order valence-electron chi connectivity index (χ4n) is 5.26. The number of thiazole rings is 1. The average molecular weight is 648 g/mol. The average Bonchev–Trinajstić information content (AvgIpc) is 3.41. The van der Waals surface area contributed by atoms with Crippen molar-refractivity contribution in [1.29, 1.82) is 0 Å². The lowest BCUT2D eigenvalue weighted by Gasteiger charge is -2.26. The molecule has 0 saturated heterocycles. The van der Waals surface area contributed by atoms with Gasteiger partial charge < -0.3 is 14.2 Å². The third kappa shape index (κ3) is 6.61. The Morgan fingerprint density at radius 2 is 1.72 bits per heavy atom. The summed E-state index contributed by atoms with van der Waals surface area (Å²) >= 11 is 1.24. The number of hydrogen-bond donors (Lipinski definition) is 0. The molecule has 0 fully saturated rings. The van der Waals surface area contributed by atoms with E-state index in [1.807, 2.05) is 60.7 Å². The monoisotopic (exact) mass is 647 g/mol. The highest BCUT2D eigenvalue weighted by Gasteiger charge is 2.35. The van der Waals surface area contributed by atoms with Crippen LogP contribution in [-0.4, -0.2) is 29.2 Å². The van der Waals surface area contributed by atoms with Crippen LogP contribution in [0.3, 0.4) is 0 Å². The number of aromatic nitrogens is 1. The van der Waals surface area contributed by atoms with Gasteiger partial charge in [-0.3, -0.25) is 19.5 Å². The Labute approximate surface area is 273 Å². The van der Waals surface area contributed by atoms with Crippen molar-refractivity contribution < 1.29 is 23.9 Å². The minimum Gasteiger partial charge on any atom is -0.497 e. The second-order valence-corrected chi connectivity index (χ2v) is 11.5. The van der Waals surface area contributed by atoms with E-state index in [0.29, 0.717) is 32.1 Å². The van der Waals surface area contributed by atoms with Crippen LogP contribution in [0, 0.1) is 10.1 Å². The first-order valence-corrected chi connectivity index (χ1v) is 15.6. The van der Waals surface area contributed by atoms with Crippen LogP contribution in [0.4, 0.5) is 5.69 Å². The van der Waals surface area contributed by atoms with Crippen LogP contribution in [0.25, 0.3) is 11.8 Å². The number of hydrogen-bond acceptors (Lipinski definition) is 9. The molecule has 10 nitrogen and oxygen atoms in total. The predicted octanol–water partition coefficient (Wildman–Crippen LogP) is 5.43. The van der Waals surface area contributed by atoms with Crippen molar-refractivity contribution in [3.05, 3.63) is 161 Å². The van der Waals surface area contributed by atoms with Gasteiger partial charge in [-0.15, -0.1) is 0 Å². The van der Waals surface area contributed by atoms with E-state index in [-0.39, 0.29) is 30.0 Å². The minimum absolute atomic E-state index is 0.0200. The molecule has 0 N–H and O–H groups in total. The summed E-state index contributed by atoms with van der Waals surface area (Å²) in [6.07, 6.45) is 1.78. The Balaban J connectivity index is 1.40. The molecule has 0 radical (unpaired) electrons. The quantitative estimate of drug-likeness (QED) is 0.113. The van der Waals surface area contributed by atoms with Gasteiger partial charge in [0.05, 0.1) is 40.5 Å². The second kappa shape index (κ2) is 13.7. The van der Waals surface area contributed by atoms with Crippen molar-refractivity contribution in [2.45, 2.75) is 19.6 Å². The number of nitrogens with zero attached hydrogens (tertiary/aromatic N) is 3. The molecule has 6 rings (SSSR count). The molecule has 1 unspecified atom stereocenters. The maximum absolute atomic E-state index is 14.1. The molecular formula is C36H29N3O7S. The van der Waals surface area contributed by atoms with Crippen LogP contribution >= 0.6 is 11.3 Å². The molecule has 4 aromatic carbocycles.